The van der Waals surface area contributed by atoms with Gasteiger partial charge in [-0.15, -0.1) is 5.10 Å². The summed E-state index contributed by atoms with van der Waals surface area (Å²) in [6.07, 6.45) is 0.878. The number of nitrogens with zero attached hydrogens (tertiary/aromatic N) is 5. The Morgan fingerprint density at radius 1 is 1.21 bits per heavy atom. The minimum Gasteiger partial charge on any atom is -0.497 e. The van der Waals surface area contributed by atoms with Crippen LogP contribution in [-0.2, 0) is 11.2 Å². The van der Waals surface area contributed by atoms with E-state index in [4.69, 9.17) is 4.74 Å². The number of fused-ring (bicyclic) bond motifs is 1. The van der Waals surface area contributed by atoms with Gasteiger partial charge >= 0.3 is 0 Å². The Bertz CT molecular complexity index is 988. The Morgan fingerprint density at radius 3 is 2.71 bits per heavy atom. The Hall–Kier alpha value is -2.87. The van der Waals surface area contributed by atoms with E-state index >= 15 is 0 Å². The first-order valence-electron chi connectivity index (χ1n) is 9.09. The highest BCUT2D eigenvalue weighted by atomic mass is 32.2. The third kappa shape index (κ3) is 3.35. The molecule has 2 heterocycles. The van der Waals surface area contributed by atoms with Crippen LogP contribution in [0.1, 0.15) is 19.4 Å². The van der Waals surface area contributed by atoms with Crippen LogP contribution >= 0.6 is 11.8 Å². The highest BCUT2D eigenvalue weighted by Crippen LogP contribution is 2.34. The molecule has 28 heavy (non-hydrogen) atoms. The molecule has 0 N–H and O–H groups in total. The van der Waals surface area contributed by atoms with Gasteiger partial charge in [0, 0.05) is 11.7 Å². The van der Waals surface area contributed by atoms with Crippen LogP contribution in [0, 0.1) is 0 Å². The van der Waals surface area contributed by atoms with Gasteiger partial charge in [-0.25, -0.2) is 0 Å². The van der Waals surface area contributed by atoms with Gasteiger partial charge in [0.25, 0.3) is 0 Å². The monoisotopic (exact) mass is 395 g/mol. The van der Waals surface area contributed by atoms with E-state index in [1.54, 1.807) is 11.8 Å². The molecule has 0 saturated heterocycles. The SMILES string of the molecule is COc1ccc(-n2nnnc2S[C@@H](C)C(=O)N2c3ccccc3C[C@H]2C)cc1. The molecular formula is C20H21N5O2S. The van der Waals surface area contributed by atoms with Gasteiger partial charge in [-0.2, -0.15) is 4.68 Å². The van der Waals surface area contributed by atoms with Gasteiger partial charge in [-0.05, 0) is 66.6 Å². The Labute approximate surface area is 167 Å². The Balaban J connectivity index is 1.54. The number of carbonyl (C=O) groups is 1. The van der Waals surface area contributed by atoms with Crippen LogP contribution in [0.3, 0.4) is 0 Å². The Morgan fingerprint density at radius 2 is 1.96 bits per heavy atom. The number of aromatic nitrogens is 4. The first-order chi connectivity index (χ1) is 13.6. The summed E-state index contributed by atoms with van der Waals surface area (Å²) in [7, 11) is 1.62. The number of hydrogen-bond acceptors (Lipinski definition) is 6. The van der Waals surface area contributed by atoms with Crippen molar-refractivity contribution >= 4 is 23.4 Å². The van der Waals surface area contributed by atoms with Crippen LogP contribution in [0.2, 0.25) is 0 Å². The molecule has 7 nitrogen and oxygen atoms in total. The van der Waals surface area contributed by atoms with Gasteiger partial charge in [-0.3, -0.25) is 4.79 Å². The van der Waals surface area contributed by atoms with Crippen molar-refractivity contribution in [3.8, 4) is 11.4 Å². The molecule has 1 aliphatic rings. The van der Waals surface area contributed by atoms with Gasteiger partial charge in [-0.1, -0.05) is 30.0 Å². The first kappa shape index (κ1) is 18.5. The van der Waals surface area contributed by atoms with E-state index in [9.17, 15) is 4.79 Å². The lowest BCUT2D eigenvalue weighted by atomic mass is 10.1. The lowest BCUT2D eigenvalue weighted by Crippen LogP contribution is -2.40. The number of rotatable bonds is 5. The molecule has 4 rings (SSSR count). The highest BCUT2D eigenvalue weighted by molar-refractivity contribution is 8.00. The van der Waals surface area contributed by atoms with Crippen LogP contribution in [0.5, 0.6) is 5.75 Å². The highest BCUT2D eigenvalue weighted by Gasteiger charge is 2.34. The van der Waals surface area contributed by atoms with Crippen molar-refractivity contribution in [1.82, 2.24) is 20.2 Å². The first-order valence-corrected chi connectivity index (χ1v) is 9.97. The maximum atomic E-state index is 13.2. The average Bonchev–Trinajstić information content (AvgIpc) is 3.30. The zero-order valence-corrected chi connectivity index (χ0v) is 16.8. The molecular weight excluding hydrogens is 374 g/mol. The second kappa shape index (κ2) is 7.63. The second-order valence-corrected chi connectivity index (χ2v) is 8.03. The molecule has 0 fully saturated rings. The summed E-state index contributed by atoms with van der Waals surface area (Å²) in [4.78, 5) is 15.1. The largest absolute Gasteiger partial charge is 0.497 e. The van der Waals surface area contributed by atoms with Crippen LogP contribution in [0.15, 0.2) is 53.7 Å². The van der Waals surface area contributed by atoms with Crippen molar-refractivity contribution in [2.24, 2.45) is 0 Å². The maximum Gasteiger partial charge on any atom is 0.240 e. The zero-order valence-electron chi connectivity index (χ0n) is 15.9. The van der Waals surface area contributed by atoms with Gasteiger partial charge in [0.15, 0.2) is 0 Å². The van der Waals surface area contributed by atoms with Crippen molar-refractivity contribution in [2.75, 3.05) is 12.0 Å². The standard InChI is InChI=1S/C20H21N5O2S/c1-13-12-15-6-4-5-7-18(15)24(13)19(26)14(2)28-20-21-22-23-25(20)16-8-10-17(27-3)11-9-16/h4-11,13-14H,12H2,1-3H3/t13-,14+/m1/s1. The van der Waals surface area contributed by atoms with Crippen LogP contribution in [0.4, 0.5) is 5.69 Å². The van der Waals surface area contributed by atoms with E-state index < -0.39 is 0 Å². The van der Waals surface area contributed by atoms with Gasteiger partial charge in [0.05, 0.1) is 18.0 Å². The molecule has 1 aliphatic heterocycles. The van der Waals surface area contributed by atoms with Gasteiger partial charge < -0.3 is 9.64 Å². The number of amides is 1. The fraction of sp³-hybridized carbons (Fsp3) is 0.300. The summed E-state index contributed by atoms with van der Waals surface area (Å²) >= 11 is 1.36. The predicted molar refractivity (Wildman–Crippen MR) is 108 cm³/mol. The number of benzene rings is 2. The van der Waals surface area contributed by atoms with E-state index in [1.807, 2.05) is 54.3 Å². The van der Waals surface area contributed by atoms with Crippen LogP contribution in [-0.4, -0.2) is 44.5 Å². The molecule has 0 saturated carbocycles. The topological polar surface area (TPSA) is 73.1 Å². The van der Waals surface area contributed by atoms with E-state index in [-0.39, 0.29) is 17.2 Å². The second-order valence-electron chi connectivity index (χ2n) is 6.72. The molecule has 144 valence electrons. The number of tetrazole rings is 1. The number of ether oxygens (including phenoxy) is 1. The molecule has 8 heteroatoms. The molecule has 0 radical (unpaired) electrons. The van der Waals surface area contributed by atoms with Crippen LogP contribution < -0.4 is 9.64 Å². The normalized spacial score (nSPS) is 16.7. The third-order valence-corrected chi connectivity index (χ3v) is 5.85. The third-order valence-electron chi connectivity index (χ3n) is 4.83. The molecule has 0 aliphatic carbocycles. The summed E-state index contributed by atoms with van der Waals surface area (Å²) in [6, 6.07) is 15.7. The maximum absolute atomic E-state index is 13.2. The quantitative estimate of drug-likeness (QED) is 0.618. The smallest absolute Gasteiger partial charge is 0.240 e. The number of thioether (sulfide) groups is 1. The minimum absolute atomic E-state index is 0.0618. The fourth-order valence-corrected chi connectivity index (χ4v) is 4.30. The summed E-state index contributed by atoms with van der Waals surface area (Å²) in [5.41, 5.74) is 3.03. The van der Waals surface area contributed by atoms with Gasteiger partial charge in [0.1, 0.15) is 5.75 Å². The van der Waals surface area contributed by atoms with E-state index in [0.717, 1.165) is 23.5 Å². The van der Waals surface area contributed by atoms with Crippen molar-refractivity contribution in [2.45, 2.75) is 36.7 Å². The summed E-state index contributed by atoms with van der Waals surface area (Å²) in [6.45, 7) is 3.98. The number of carbonyl (C=O) groups excluding carboxylic acids is 1. The van der Waals surface area contributed by atoms with E-state index in [1.165, 1.54) is 17.3 Å². The van der Waals surface area contributed by atoms with E-state index in [0.29, 0.717) is 5.16 Å². The molecule has 1 amide bonds. The van der Waals surface area contributed by atoms with Gasteiger partial charge in [0.2, 0.25) is 11.1 Å². The summed E-state index contributed by atoms with van der Waals surface area (Å²) in [5.74, 6) is 0.822. The van der Waals surface area contributed by atoms with E-state index in [2.05, 4.69) is 28.5 Å². The van der Waals surface area contributed by atoms with Crippen molar-refractivity contribution in [3.05, 3.63) is 54.1 Å². The molecule has 1 aromatic heterocycles. The molecule has 0 unspecified atom stereocenters. The lowest BCUT2D eigenvalue weighted by Gasteiger charge is -2.25. The van der Waals surface area contributed by atoms with Crippen molar-refractivity contribution in [1.29, 1.82) is 0 Å². The van der Waals surface area contributed by atoms with Crippen molar-refractivity contribution < 1.29 is 9.53 Å². The summed E-state index contributed by atoms with van der Waals surface area (Å²) < 4.78 is 6.83. The number of para-hydroxylation sites is 1. The molecule has 2 atom stereocenters. The Kier molecular flexibility index (Phi) is 5.04. The number of hydrogen-bond donors (Lipinski definition) is 0. The minimum atomic E-state index is -0.323. The molecule has 0 spiro atoms. The zero-order chi connectivity index (χ0) is 19.7. The number of methoxy groups -OCH3 is 1. The average molecular weight is 395 g/mol. The van der Waals surface area contributed by atoms with Crippen molar-refractivity contribution in [3.63, 3.8) is 0 Å². The van der Waals surface area contributed by atoms with Crippen LogP contribution in [0.25, 0.3) is 5.69 Å². The summed E-state index contributed by atoms with van der Waals surface area (Å²) in [5, 5.41) is 12.2. The molecule has 0 bridgehead atoms. The number of anilines is 1. The predicted octanol–water partition coefficient (Wildman–Crippen LogP) is 3.13. The fourth-order valence-electron chi connectivity index (χ4n) is 3.44. The molecule has 3 aromatic rings. The lowest BCUT2D eigenvalue weighted by molar-refractivity contribution is -0.118. The molecule has 2 aromatic carbocycles.